The average molecular weight is 519 g/mol. The maximum Gasteiger partial charge on any atom is 0.174 e. The van der Waals surface area contributed by atoms with Crippen LogP contribution in [0.2, 0.25) is 0 Å². The SMILES string of the molecule is Cc1cc([C@@H]2[C@@H](c3ccccn3)NC(=S)N2c2ccc(O)cc2)c(C)n1-c1cccc(Br)c1. The summed E-state index contributed by atoms with van der Waals surface area (Å²) in [5.74, 6) is 0.225. The number of hydrogen-bond donors (Lipinski definition) is 2. The molecule has 0 unspecified atom stereocenters. The number of aromatic hydroxyl groups is 1. The van der Waals surface area contributed by atoms with Gasteiger partial charge in [-0.15, -0.1) is 0 Å². The van der Waals surface area contributed by atoms with Crippen LogP contribution in [0.15, 0.2) is 83.5 Å². The van der Waals surface area contributed by atoms with Gasteiger partial charge in [0.2, 0.25) is 0 Å². The molecule has 4 aromatic rings. The van der Waals surface area contributed by atoms with Crippen LogP contribution in [0.4, 0.5) is 5.69 Å². The van der Waals surface area contributed by atoms with Gasteiger partial charge < -0.3 is 19.9 Å². The number of benzene rings is 2. The Morgan fingerprint density at radius 1 is 0.970 bits per heavy atom. The molecular formula is C26H23BrN4OS. The molecule has 2 atom stereocenters. The summed E-state index contributed by atoms with van der Waals surface area (Å²) in [7, 11) is 0. The predicted molar refractivity (Wildman–Crippen MR) is 139 cm³/mol. The molecule has 2 N–H and O–H groups in total. The van der Waals surface area contributed by atoms with Crippen molar-refractivity contribution >= 4 is 38.9 Å². The lowest BCUT2D eigenvalue weighted by atomic mass is 9.96. The molecule has 0 amide bonds. The van der Waals surface area contributed by atoms with Gasteiger partial charge in [0, 0.05) is 33.4 Å². The third-order valence-electron chi connectivity index (χ3n) is 6.08. The number of nitrogens with zero attached hydrogens (tertiary/aromatic N) is 3. The molecule has 0 bridgehead atoms. The minimum atomic E-state index is -0.121. The number of rotatable bonds is 4. The van der Waals surface area contributed by atoms with Crippen molar-refractivity contribution in [2.24, 2.45) is 0 Å². The minimum Gasteiger partial charge on any atom is -0.508 e. The van der Waals surface area contributed by atoms with Crippen LogP contribution in [0.3, 0.4) is 0 Å². The lowest BCUT2D eigenvalue weighted by Gasteiger charge is -2.28. The van der Waals surface area contributed by atoms with E-state index in [0.717, 1.165) is 32.9 Å². The summed E-state index contributed by atoms with van der Waals surface area (Å²) in [4.78, 5) is 6.77. The molecule has 166 valence electrons. The summed E-state index contributed by atoms with van der Waals surface area (Å²) >= 11 is 9.41. The van der Waals surface area contributed by atoms with Crippen LogP contribution in [0.25, 0.3) is 5.69 Å². The van der Waals surface area contributed by atoms with Crippen molar-refractivity contribution in [3.8, 4) is 11.4 Å². The first-order valence-corrected chi connectivity index (χ1v) is 11.9. The summed E-state index contributed by atoms with van der Waals surface area (Å²) in [6, 6.07) is 23.4. The Balaban J connectivity index is 1.68. The number of pyridine rings is 1. The molecule has 3 heterocycles. The molecule has 1 aliphatic heterocycles. The molecule has 1 aliphatic rings. The van der Waals surface area contributed by atoms with Gasteiger partial charge in [-0.25, -0.2) is 0 Å². The molecular weight excluding hydrogens is 496 g/mol. The zero-order valence-corrected chi connectivity index (χ0v) is 20.6. The average Bonchev–Trinajstić information content (AvgIpc) is 3.30. The number of aromatic nitrogens is 2. The summed E-state index contributed by atoms with van der Waals surface area (Å²) < 4.78 is 3.31. The van der Waals surface area contributed by atoms with Crippen LogP contribution in [0, 0.1) is 13.8 Å². The van der Waals surface area contributed by atoms with E-state index in [9.17, 15) is 5.11 Å². The van der Waals surface area contributed by atoms with E-state index in [4.69, 9.17) is 12.2 Å². The Kier molecular flexibility index (Phi) is 5.68. The summed E-state index contributed by atoms with van der Waals surface area (Å²) in [5.41, 5.74) is 6.41. The minimum absolute atomic E-state index is 0.107. The van der Waals surface area contributed by atoms with E-state index in [1.165, 1.54) is 5.56 Å². The van der Waals surface area contributed by atoms with Gasteiger partial charge in [0.15, 0.2) is 5.11 Å². The lowest BCUT2D eigenvalue weighted by Crippen LogP contribution is -2.29. The first-order valence-electron chi connectivity index (χ1n) is 10.7. The highest BCUT2D eigenvalue weighted by Gasteiger charge is 2.42. The third-order valence-corrected chi connectivity index (χ3v) is 6.89. The van der Waals surface area contributed by atoms with E-state index in [1.54, 1.807) is 12.1 Å². The monoisotopic (exact) mass is 518 g/mol. The van der Waals surface area contributed by atoms with Gasteiger partial charge in [0.1, 0.15) is 5.75 Å². The molecule has 0 radical (unpaired) electrons. The van der Waals surface area contributed by atoms with E-state index in [1.807, 2.05) is 48.7 Å². The second kappa shape index (κ2) is 8.65. The molecule has 1 fully saturated rings. The fourth-order valence-corrected chi connectivity index (χ4v) is 5.39. The second-order valence-corrected chi connectivity index (χ2v) is 9.46. The summed E-state index contributed by atoms with van der Waals surface area (Å²) in [5, 5.41) is 14.0. The zero-order valence-electron chi connectivity index (χ0n) is 18.2. The Bertz CT molecular complexity index is 1320. The highest BCUT2D eigenvalue weighted by Crippen LogP contribution is 2.44. The van der Waals surface area contributed by atoms with Gasteiger partial charge in [-0.1, -0.05) is 28.1 Å². The van der Waals surface area contributed by atoms with Crippen LogP contribution >= 0.6 is 28.1 Å². The van der Waals surface area contributed by atoms with Crippen molar-refractivity contribution in [1.29, 1.82) is 0 Å². The topological polar surface area (TPSA) is 53.3 Å². The van der Waals surface area contributed by atoms with Crippen molar-refractivity contribution in [2.75, 3.05) is 4.90 Å². The smallest absolute Gasteiger partial charge is 0.174 e. The first kappa shape index (κ1) is 21.7. The molecule has 2 aromatic heterocycles. The highest BCUT2D eigenvalue weighted by atomic mass is 79.9. The Labute approximate surface area is 206 Å². The molecule has 1 saturated heterocycles. The van der Waals surface area contributed by atoms with Gasteiger partial charge in [-0.3, -0.25) is 4.98 Å². The largest absolute Gasteiger partial charge is 0.508 e. The molecule has 0 aliphatic carbocycles. The number of halogens is 1. The quantitative estimate of drug-likeness (QED) is 0.318. The van der Waals surface area contributed by atoms with Crippen LogP contribution in [0.1, 0.15) is 34.7 Å². The van der Waals surface area contributed by atoms with Gasteiger partial charge in [-0.05, 0) is 92.3 Å². The van der Waals surface area contributed by atoms with Crippen LogP contribution in [-0.4, -0.2) is 19.8 Å². The maximum atomic E-state index is 9.83. The van der Waals surface area contributed by atoms with Gasteiger partial charge >= 0.3 is 0 Å². The Morgan fingerprint density at radius 2 is 1.76 bits per heavy atom. The highest BCUT2D eigenvalue weighted by molar-refractivity contribution is 9.10. The van der Waals surface area contributed by atoms with Crippen LogP contribution in [0.5, 0.6) is 5.75 Å². The molecule has 5 rings (SSSR count). The van der Waals surface area contributed by atoms with Crippen molar-refractivity contribution in [3.63, 3.8) is 0 Å². The third kappa shape index (κ3) is 3.92. The normalized spacial score (nSPS) is 17.9. The summed E-state index contributed by atoms with van der Waals surface area (Å²) in [6.07, 6.45) is 1.81. The number of thiocarbonyl (C=S) groups is 1. The molecule has 5 nitrogen and oxygen atoms in total. The molecule has 0 spiro atoms. The van der Waals surface area contributed by atoms with Crippen molar-refractivity contribution in [2.45, 2.75) is 25.9 Å². The fourth-order valence-electron chi connectivity index (χ4n) is 4.66. The van der Waals surface area contributed by atoms with E-state index in [0.29, 0.717) is 5.11 Å². The number of aryl methyl sites for hydroxylation is 1. The van der Waals surface area contributed by atoms with E-state index in [-0.39, 0.29) is 17.8 Å². The van der Waals surface area contributed by atoms with Crippen molar-refractivity contribution in [1.82, 2.24) is 14.9 Å². The van der Waals surface area contributed by atoms with Crippen LogP contribution < -0.4 is 10.2 Å². The number of hydrogen-bond acceptors (Lipinski definition) is 3. The maximum absolute atomic E-state index is 9.83. The Hall–Kier alpha value is -3.16. The fraction of sp³-hybridized carbons (Fsp3) is 0.154. The number of phenolic OH excluding ortho intramolecular Hbond substituents is 1. The van der Waals surface area contributed by atoms with Crippen molar-refractivity contribution < 1.29 is 5.11 Å². The molecule has 7 heteroatoms. The van der Waals surface area contributed by atoms with Gasteiger partial charge in [0.05, 0.1) is 17.8 Å². The molecule has 2 aromatic carbocycles. The second-order valence-electron chi connectivity index (χ2n) is 8.15. The van der Waals surface area contributed by atoms with E-state index in [2.05, 4.69) is 67.7 Å². The molecule has 0 saturated carbocycles. The lowest BCUT2D eigenvalue weighted by molar-refractivity contribution is 0.475. The van der Waals surface area contributed by atoms with Crippen molar-refractivity contribution in [3.05, 3.63) is 106 Å². The Morgan fingerprint density at radius 3 is 2.45 bits per heavy atom. The van der Waals surface area contributed by atoms with E-state index < -0.39 is 0 Å². The predicted octanol–water partition coefficient (Wildman–Crippen LogP) is 6.13. The number of phenols is 1. The van der Waals surface area contributed by atoms with Gasteiger partial charge in [0.25, 0.3) is 0 Å². The van der Waals surface area contributed by atoms with Gasteiger partial charge in [-0.2, -0.15) is 0 Å². The standard InChI is InChI=1S/C26H23BrN4OS/c1-16-14-22(17(2)30(16)20-7-5-6-18(27)15-20)25-24(23-8-3-4-13-28-23)29-26(33)31(25)19-9-11-21(32)12-10-19/h3-15,24-25,32H,1-2H3,(H,29,33)/t24-,25-/m1/s1. The zero-order chi connectivity index (χ0) is 23.1. The summed E-state index contributed by atoms with van der Waals surface area (Å²) in [6.45, 7) is 4.27. The first-order chi connectivity index (χ1) is 15.9. The number of anilines is 1. The van der Waals surface area contributed by atoms with E-state index >= 15 is 0 Å². The number of nitrogens with one attached hydrogen (secondary N) is 1. The molecule has 33 heavy (non-hydrogen) atoms. The van der Waals surface area contributed by atoms with Crippen LogP contribution in [-0.2, 0) is 0 Å².